The minimum absolute atomic E-state index is 0.375. The highest BCUT2D eigenvalue weighted by molar-refractivity contribution is 7.20. The molecule has 2 nitrogen and oxygen atoms in total. The number of hydrogen-bond donors (Lipinski definition) is 0. The van der Waals surface area contributed by atoms with Crippen molar-refractivity contribution in [2.75, 3.05) is 11.1 Å². The molecule has 0 saturated carbocycles. The van der Waals surface area contributed by atoms with Crippen LogP contribution in [0.25, 0.3) is 0 Å². The van der Waals surface area contributed by atoms with Crippen LogP contribution in [0.3, 0.4) is 0 Å². The third kappa shape index (κ3) is 1.31. The predicted molar refractivity (Wildman–Crippen MR) is 54.9 cm³/mol. The van der Waals surface area contributed by atoms with Crippen LogP contribution in [0.2, 0.25) is 4.34 Å². The highest BCUT2D eigenvalue weighted by Crippen LogP contribution is 2.37. The number of anilines is 1. The minimum Gasteiger partial charge on any atom is -0.262 e. The maximum atomic E-state index is 5.84. The third-order valence-electron chi connectivity index (χ3n) is 1.46. The molecule has 0 bridgehead atoms. The number of fused-ring (bicyclic) bond motifs is 1. The molecule has 6 heteroatoms. The lowest BCUT2D eigenvalue weighted by Crippen LogP contribution is -2.16. The summed E-state index contributed by atoms with van der Waals surface area (Å²) in [5, 5.41) is 0.485. The predicted octanol–water partition coefficient (Wildman–Crippen LogP) is 3.32. The van der Waals surface area contributed by atoms with E-state index in [1.807, 2.05) is 0 Å². The molecule has 0 radical (unpaired) electrons. The molecule has 0 aliphatic carbocycles. The Morgan fingerprint density at radius 2 is 2.25 bits per heavy atom. The first-order chi connectivity index (χ1) is 5.68. The van der Waals surface area contributed by atoms with Gasteiger partial charge in [0, 0.05) is 11.8 Å². The summed E-state index contributed by atoms with van der Waals surface area (Å²) in [6.45, 7) is 0.375. The fraction of sp³-hybridized carbons (Fsp3) is 0.167. The van der Waals surface area contributed by atoms with Gasteiger partial charge < -0.3 is 0 Å². The quantitative estimate of drug-likeness (QED) is 0.636. The van der Waals surface area contributed by atoms with Crippen LogP contribution in [0.4, 0.5) is 5.69 Å². The van der Waals surface area contributed by atoms with Gasteiger partial charge in [0.2, 0.25) is 0 Å². The van der Waals surface area contributed by atoms with E-state index in [0.29, 0.717) is 16.2 Å². The zero-order valence-corrected chi connectivity index (χ0v) is 8.81. The van der Waals surface area contributed by atoms with Gasteiger partial charge in [0.25, 0.3) is 0 Å². The van der Waals surface area contributed by atoms with Crippen LogP contribution in [-0.2, 0) is 0 Å². The molecule has 0 N–H and O–H groups in total. The number of thiophene rings is 1. The molecule has 64 valence electrons. The molecule has 0 saturated heterocycles. The Kier molecular flexibility index (Phi) is 2.21. The number of aliphatic imine (C=N–C) groups is 1. The fourth-order valence-corrected chi connectivity index (χ4v) is 2.58. The lowest BCUT2D eigenvalue weighted by atomic mass is 10.4. The fourth-order valence-electron chi connectivity index (χ4n) is 0.952. The third-order valence-corrected chi connectivity index (χ3v) is 3.43. The molecule has 1 aliphatic heterocycles. The van der Waals surface area contributed by atoms with E-state index in [-0.39, 0.29) is 0 Å². The normalized spacial score (nSPS) is 15.9. The van der Waals surface area contributed by atoms with Gasteiger partial charge in [0.1, 0.15) is 11.8 Å². The monoisotopic (exact) mass is 240 g/mol. The first kappa shape index (κ1) is 8.63. The van der Waals surface area contributed by atoms with Crippen molar-refractivity contribution in [2.45, 2.75) is 0 Å². The van der Waals surface area contributed by atoms with Gasteiger partial charge in [-0.1, -0.05) is 23.2 Å². The van der Waals surface area contributed by atoms with E-state index in [9.17, 15) is 0 Å². The van der Waals surface area contributed by atoms with Crippen LogP contribution in [-0.4, -0.2) is 11.8 Å². The van der Waals surface area contributed by atoms with Crippen molar-refractivity contribution >= 4 is 57.2 Å². The highest BCUT2D eigenvalue weighted by Gasteiger charge is 2.20. The first-order valence-corrected chi connectivity index (χ1v) is 5.02. The molecular formula is C6H3Cl3N2S. The lowest BCUT2D eigenvalue weighted by Gasteiger charge is -2.17. The van der Waals surface area contributed by atoms with Crippen molar-refractivity contribution in [2.24, 2.45) is 4.99 Å². The maximum absolute atomic E-state index is 5.84. The molecule has 0 unspecified atom stereocenters. The van der Waals surface area contributed by atoms with Gasteiger partial charge >= 0.3 is 0 Å². The molecule has 0 spiro atoms. The van der Waals surface area contributed by atoms with Crippen molar-refractivity contribution in [3.05, 3.63) is 15.3 Å². The Morgan fingerprint density at radius 3 is 2.92 bits per heavy atom. The van der Waals surface area contributed by atoms with E-state index >= 15 is 0 Å². The summed E-state index contributed by atoms with van der Waals surface area (Å²) >= 11 is 18.9. The van der Waals surface area contributed by atoms with E-state index < -0.39 is 0 Å². The summed E-state index contributed by atoms with van der Waals surface area (Å²) in [6.07, 6.45) is 0. The number of nitrogens with zero attached hydrogens (tertiary/aromatic N) is 2. The molecule has 1 aromatic heterocycles. The van der Waals surface area contributed by atoms with Crippen LogP contribution in [0.15, 0.2) is 11.1 Å². The Hall–Kier alpha value is 0.0400. The molecule has 2 rings (SSSR count). The largest absolute Gasteiger partial charge is 0.262 e. The lowest BCUT2D eigenvalue weighted by molar-refractivity contribution is 1.04. The summed E-state index contributed by atoms with van der Waals surface area (Å²) in [5.41, 5.74) is 0.840. The second kappa shape index (κ2) is 3.07. The standard InChI is InChI=1S/C6H3Cl3N2S/c7-4-1-3-5(12-4)6(8)10-2-11(3)9/h1H,2H2. The zero-order chi connectivity index (χ0) is 8.72. The van der Waals surface area contributed by atoms with E-state index in [0.717, 1.165) is 10.6 Å². The molecule has 1 aliphatic rings. The van der Waals surface area contributed by atoms with Gasteiger partial charge in [-0.15, -0.1) is 11.3 Å². The SMILES string of the molecule is ClC1=NCN(Cl)c2cc(Cl)sc21. The molecule has 0 aromatic carbocycles. The van der Waals surface area contributed by atoms with Gasteiger partial charge in [0.15, 0.2) is 0 Å². The summed E-state index contributed by atoms with van der Waals surface area (Å²) in [7, 11) is 0. The van der Waals surface area contributed by atoms with Crippen LogP contribution in [0.5, 0.6) is 0 Å². The van der Waals surface area contributed by atoms with Gasteiger partial charge in [-0.05, 0) is 6.07 Å². The molecule has 2 heterocycles. The van der Waals surface area contributed by atoms with Gasteiger partial charge in [-0.3, -0.25) is 4.42 Å². The van der Waals surface area contributed by atoms with E-state index in [4.69, 9.17) is 35.0 Å². The molecule has 12 heavy (non-hydrogen) atoms. The average molecular weight is 242 g/mol. The van der Waals surface area contributed by atoms with Gasteiger partial charge in [-0.2, -0.15) is 0 Å². The van der Waals surface area contributed by atoms with Crippen molar-refractivity contribution in [3.63, 3.8) is 0 Å². The molecule has 0 amide bonds. The van der Waals surface area contributed by atoms with Crippen molar-refractivity contribution < 1.29 is 0 Å². The Labute approximate surface area is 88.5 Å². The van der Waals surface area contributed by atoms with Gasteiger partial charge in [0.05, 0.1) is 14.9 Å². The summed E-state index contributed by atoms with van der Waals surface area (Å²) < 4.78 is 2.16. The van der Waals surface area contributed by atoms with Crippen LogP contribution in [0.1, 0.15) is 4.88 Å². The van der Waals surface area contributed by atoms with Gasteiger partial charge in [-0.25, -0.2) is 4.99 Å². The Balaban J connectivity index is 2.57. The first-order valence-electron chi connectivity index (χ1n) is 3.11. The summed E-state index contributed by atoms with van der Waals surface area (Å²) in [5.74, 6) is 0. The highest BCUT2D eigenvalue weighted by atomic mass is 35.5. The second-order valence-electron chi connectivity index (χ2n) is 2.22. The summed E-state index contributed by atoms with van der Waals surface area (Å²) in [6, 6.07) is 1.78. The van der Waals surface area contributed by atoms with Crippen molar-refractivity contribution in [1.82, 2.24) is 0 Å². The summed E-state index contributed by atoms with van der Waals surface area (Å²) in [4.78, 5) is 4.83. The van der Waals surface area contributed by atoms with Crippen LogP contribution in [0, 0.1) is 0 Å². The van der Waals surface area contributed by atoms with Crippen molar-refractivity contribution in [1.29, 1.82) is 0 Å². The minimum atomic E-state index is 0.375. The second-order valence-corrected chi connectivity index (χ2v) is 4.67. The van der Waals surface area contributed by atoms with Crippen molar-refractivity contribution in [3.8, 4) is 0 Å². The topological polar surface area (TPSA) is 15.6 Å². The van der Waals surface area contributed by atoms with E-state index in [1.165, 1.54) is 15.8 Å². The maximum Gasteiger partial charge on any atom is 0.145 e. The average Bonchev–Trinajstić information content (AvgIpc) is 2.41. The smallest absolute Gasteiger partial charge is 0.145 e. The van der Waals surface area contributed by atoms with E-state index in [1.54, 1.807) is 6.07 Å². The molecule has 0 fully saturated rings. The molecule has 0 atom stereocenters. The van der Waals surface area contributed by atoms with E-state index in [2.05, 4.69) is 4.99 Å². The number of halogens is 3. The Morgan fingerprint density at radius 1 is 1.50 bits per heavy atom. The number of rotatable bonds is 0. The molecule has 1 aromatic rings. The zero-order valence-electron chi connectivity index (χ0n) is 5.72. The number of hydrogen-bond acceptors (Lipinski definition) is 3. The Bertz CT molecular complexity index is 347. The van der Waals surface area contributed by atoms with Crippen LogP contribution < -0.4 is 4.42 Å². The molecular weight excluding hydrogens is 239 g/mol. The van der Waals surface area contributed by atoms with Crippen LogP contribution >= 0.6 is 46.3 Å².